The first-order valence-electron chi connectivity index (χ1n) is 3.65. The van der Waals surface area contributed by atoms with Crippen LogP contribution in [0.5, 0.6) is 0 Å². The van der Waals surface area contributed by atoms with Gasteiger partial charge in [-0.05, 0) is 13.8 Å². The highest BCUT2D eigenvalue weighted by Crippen LogP contribution is 2.09. The van der Waals surface area contributed by atoms with Crippen LogP contribution in [0.2, 0.25) is 0 Å². The van der Waals surface area contributed by atoms with Crippen molar-refractivity contribution in [3.63, 3.8) is 0 Å². The number of aromatic nitrogens is 4. The van der Waals surface area contributed by atoms with Gasteiger partial charge >= 0.3 is 0 Å². The molecular weight excluding hydrogens is 140 g/mol. The molecule has 0 fully saturated rings. The molecule has 0 amide bonds. The van der Waals surface area contributed by atoms with Crippen molar-refractivity contribution in [3.05, 3.63) is 12.5 Å². The van der Waals surface area contributed by atoms with E-state index < -0.39 is 0 Å². The van der Waals surface area contributed by atoms with Gasteiger partial charge in [-0.25, -0.2) is 4.98 Å². The lowest BCUT2D eigenvalue weighted by Gasteiger charge is -2.01. The fourth-order valence-electron chi connectivity index (χ4n) is 1.01. The van der Waals surface area contributed by atoms with Gasteiger partial charge < -0.3 is 4.98 Å². The maximum atomic E-state index is 4.25. The molecule has 0 spiro atoms. The molecule has 2 heterocycles. The summed E-state index contributed by atoms with van der Waals surface area (Å²) in [5, 5.41) is 4.25. The van der Waals surface area contributed by atoms with Crippen LogP contribution in [-0.2, 0) is 0 Å². The molecule has 2 aromatic heterocycles. The van der Waals surface area contributed by atoms with Gasteiger partial charge in [0.25, 0.3) is 0 Å². The zero-order chi connectivity index (χ0) is 7.84. The molecule has 0 saturated carbocycles. The summed E-state index contributed by atoms with van der Waals surface area (Å²) in [5.41, 5.74) is 1.79. The SMILES string of the molecule is CC(C)n1cc2[nH]cnc2n1. The molecule has 0 aromatic carbocycles. The smallest absolute Gasteiger partial charge is 0.199 e. The van der Waals surface area contributed by atoms with E-state index in [0.29, 0.717) is 6.04 Å². The van der Waals surface area contributed by atoms with Crippen molar-refractivity contribution >= 4 is 11.2 Å². The fourth-order valence-corrected chi connectivity index (χ4v) is 1.01. The molecule has 0 bridgehead atoms. The van der Waals surface area contributed by atoms with E-state index in [1.165, 1.54) is 0 Å². The average Bonchev–Trinajstić information content (AvgIpc) is 2.40. The van der Waals surface area contributed by atoms with Crippen LogP contribution in [-0.4, -0.2) is 19.7 Å². The Morgan fingerprint density at radius 1 is 1.55 bits per heavy atom. The Bertz CT molecular complexity index is 329. The minimum Gasteiger partial charge on any atom is -0.342 e. The second-order valence-electron chi connectivity index (χ2n) is 2.84. The minimum atomic E-state index is 0.401. The number of rotatable bonds is 1. The molecule has 0 atom stereocenters. The second-order valence-corrected chi connectivity index (χ2v) is 2.84. The van der Waals surface area contributed by atoms with Gasteiger partial charge in [-0.15, -0.1) is 0 Å². The zero-order valence-corrected chi connectivity index (χ0v) is 6.57. The Hall–Kier alpha value is -1.32. The predicted molar refractivity (Wildman–Crippen MR) is 42.3 cm³/mol. The van der Waals surface area contributed by atoms with Gasteiger partial charge in [-0.3, -0.25) is 4.68 Å². The molecule has 2 rings (SSSR count). The lowest BCUT2D eigenvalue weighted by atomic mass is 10.4. The monoisotopic (exact) mass is 150 g/mol. The molecule has 0 unspecified atom stereocenters. The van der Waals surface area contributed by atoms with Crippen molar-refractivity contribution in [2.24, 2.45) is 0 Å². The Kier molecular flexibility index (Phi) is 1.21. The normalized spacial score (nSPS) is 11.5. The van der Waals surface area contributed by atoms with Crippen molar-refractivity contribution in [1.29, 1.82) is 0 Å². The fraction of sp³-hybridized carbons (Fsp3) is 0.429. The molecule has 58 valence electrons. The van der Waals surface area contributed by atoms with Crippen LogP contribution < -0.4 is 0 Å². The van der Waals surface area contributed by atoms with E-state index in [0.717, 1.165) is 11.2 Å². The number of hydrogen-bond donors (Lipinski definition) is 1. The largest absolute Gasteiger partial charge is 0.342 e. The van der Waals surface area contributed by atoms with Crippen molar-refractivity contribution in [2.75, 3.05) is 0 Å². The Morgan fingerprint density at radius 3 is 3.00 bits per heavy atom. The van der Waals surface area contributed by atoms with E-state index in [1.54, 1.807) is 6.33 Å². The number of fused-ring (bicyclic) bond motifs is 1. The topological polar surface area (TPSA) is 46.5 Å². The molecule has 1 N–H and O–H groups in total. The molecule has 2 aromatic rings. The first kappa shape index (κ1) is 6.39. The highest BCUT2D eigenvalue weighted by Gasteiger charge is 2.03. The third-order valence-corrected chi connectivity index (χ3v) is 1.65. The summed E-state index contributed by atoms with van der Waals surface area (Å²) in [4.78, 5) is 7.03. The van der Waals surface area contributed by atoms with Crippen molar-refractivity contribution < 1.29 is 0 Å². The van der Waals surface area contributed by atoms with Crippen LogP contribution in [0, 0.1) is 0 Å². The number of hydrogen-bond acceptors (Lipinski definition) is 2. The van der Waals surface area contributed by atoms with Gasteiger partial charge in [0.15, 0.2) is 5.65 Å². The molecule has 4 nitrogen and oxygen atoms in total. The first-order chi connectivity index (χ1) is 5.27. The number of imidazole rings is 1. The number of nitrogens with zero attached hydrogens (tertiary/aromatic N) is 3. The predicted octanol–water partition coefficient (Wildman–Crippen LogP) is 1.34. The maximum Gasteiger partial charge on any atom is 0.199 e. The molecule has 0 aliphatic heterocycles. The molecule has 11 heavy (non-hydrogen) atoms. The Labute approximate surface area is 64.2 Å². The summed E-state index contributed by atoms with van der Waals surface area (Å²) >= 11 is 0. The first-order valence-corrected chi connectivity index (χ1v) is 3.65. The second kappa shape index (κ2) is 2.08. The number of aromatic amines is 1. The van der Waals surface area contributed by atoms with Gasteiger partial charge in [0, 0.05) is 6.04 Å². The van der Waals surface area contributed by atoms with Gasteiger partial charge in [0.2, 0.25) is 0 Å². The Balaban J connectivity index is 2.58. The standard InChI is InChI=1S/C7H10N4/c1-5(2)11-3-6-7(10-11)9-4-8-6/h3-5H,1-2H3,(H,8,9,10). The zero-order valence-electron chi connectivity index (χ0n) is 6.57. The van der Waals surface area contributed by atoms with E-state index in [1.807, 2.05) is 10.9 Å². The van der Waals surface area contributed by atoms with Gasteiger partial charge in [0.1, 0.15) is 5.52 Å². The van der Waals surface area contributed by atoms with Crippen LogP contribution in [0.25, 0.3) is 11.2 Å². The van der Waals surface area contributed by atoms with E-state index in [-0.39, 0.29) is 0 Å². The highest BCUT2D eigenvalue weighted by atomic mass is 15.3. The van der Waals surface area contributed by atoms with Crippen molar-refractivity contribution in [1.82, 2.24) is 19.7 Å². The minimum absolute atomic E-state index is 0.401. The van der Waals surface area contributed by atoms with Crippen LogP contribution in [0.3, 0.4) is 0 Å². The number of H-pyrrole nitrogens is 1. The van der Waals surface area contributed by atoms with E-state index in [2.05, 4.69) is 28.9 Å². The lowest BCUT2D eigenvalue weighted by molar-refractivity contribution is 0.536. The summed E-state index contributed by atoms with van der Waals surface area (Å²) in [6.07, 6.45) is 3.62. The maximum absolute atomic E-state index is 4.25. The summed E-state index contributed by atoms with van der Waals surface area (Å²) in [6, 6.07) is 0.401. The van der Waals surface area contributed by atoms with Gasteiger partial charge in [-0.1, -0.05) is 0 Å². The van der Waals surface area contributed by atoms with E-state index >= 15 is 0 Å². The van der Waals surface area contributed by atoms with Crippen LogP contribution >= 0.6 is 0 Å². The molecule has 0 aliphatic rings. The van der Waals surface area contributed by atoms with E-state index in [4.69, 9.17) is 0 Å². The molecule has 0 aliphatic carbocycles. The third kappa shape index (κ3) is 0.906. The highest BCUT2D eigenvalue weighted by molar-refractivity contribution is 5.68. The van der Waals surface area contributed by atoms with Crippen LogP contribution in [0.1, 0.15) is 19.9 Å². The molecule has 0 radical (unpaired) electrons. The van der Waals surface area contributed by atoms with Gasteiger partial charge in [-0.2, -0.15) is 5.10 Å². The summed E-state index contributed by atoms with van der Waals surface area (Å²) in [6.45, 7) is 4.18. The third-order valence-electron chi connectivity index (χ3n) is 1.65. The average molecular weight is 150 g/mol. The van der Waals surface area contributed by atoms with Crippen LogP contribution in [0.4, 0.5) is 0 Å². The van der Waals surface area contributed by atoms with Gasteiger partial charge in [0.05, 0.1) is 12.5 Å². The molecule has 4 heteroatoms. The number of nitrogens with one attached hydrogen (secondary N) is 1. The summed E-state index contributed by atoms with van der Waals surface area (Å²) in [5.74, 6) is 0. The quantitative estimate of drug-likeness (QED) is 0.666. The lowest BCUT2D eigenvalue weighted by Crippen LogP contribution is -2.00. The van der Waals surface area contributed by atoms with E-state index in [9.17, 15) is 0 Å². The molecule has 0 saturated heterocycles. The van der Waals surface area contributed by atoms with Crippen molar-refractivity contribution in [2.45, 2.75) is 19.9 Å². The van der Waals surface area contributed by atoms with Crippen LogP contribution in [0.15, 0.2) is 12.5 Å². The van der Waals surface area contributed by atoms with Crippen molar-refractivity contribution in [3.8, 4) is 0 Å². The Morgan fingerprint density at radius 2 is 2.36 bits per heavy atom. The molecular formula is C7H10N4. The summed E-state index contributed by atoms with van der Waals surface area (Å²) in [7, 11) is 0. The summed E-state index contributed by atoms with van der Waals surface area (Å²) < 4.78 is 1.90.